The van der Waals surface area contributed by atoms with Gasteiger partial charge in [0, 0.05) is 12.2 Å². The van der Waals surface area contributed by atoms with Crippen LogP contribution in [0.2, 0.25) is 0 Å². The molecular formula is C14H19N2O3S+. The number of rotatable bonds is 6. The molecule has 20 heavy (non-hydrogen) atoms. The molecule has 0 saturated carbocycles. The van der Waals surface area contributed by atoms with Gasteiger partial charge in [0.15, 0.2) is 0 Å². The lowest BCUT2D eigenvalue weighted by atomic mass is 10.3. The van der Waals surface area contributed by atoms with Crippen molar-refractivity contribution in [3.05, 3.63) is 24.3 Å². The highest BCUT2D eigenvalue weighted by atomic mass is 32.2. The first-order chi connectivity index (χ1) is 9.67. The Morgan fingerprint density at radius 1 is 1.35 bits per heavy atom. The summed E-state index contributed by atoms with van der Waals surface area (Å²) in [7, 11) is 0. The Labute approximate surface area is 122 Å². The summed E-state index contributed by atoms with van der Waals surface area (Å²) < 4.78 is 5.35. The van der Waals surface area contributed by atoms with Gasteiger partial charge in [-0.05, 0) is 31.2 Å². The summed E-state index contributed by atoms with van der Waals surface area (Å²) in [6.07, 6.45) is 0.275. The fourth-order valence-electron chi connectivity index (χ4n) is 2.09. The van der Waals surface area contributed by atoms with Crippen molar-refractivity contribution in [2.75, 3.05) is 23.8 Å². The topological polar surface area (TPSA) is 74.2 Å². The molecule has 108 valence electrons. The van der Waals surface area contributed by atoms with Crippen LogP contribution < -0.4 is 15.4 Å². The molecule has 1 aromatic rings. The van der Waals surface area contributed by atoms with E-state index in [1.807, 2.05) is 6.92 Å². The predicted octanol–water partition coefficient (Wildman–Crippen LogP) is 0.692. The minimum atomic E-state index is -0.268. The average Bonchev–Trinajstić information content (AvgIpc) is 2.73. The number of nitrogens with zero attached hydrogens (tertiary/aromatic N) is 1. The van der Waals surface area contributed by atoms with E-state index >= 15 is 0 Å². The van der Waals surface area contributed by atoms with Crippen molar-refractivity contribution < 1.29 is 20.1 Å². The van der Waals surface area contributed by atoms with Gasteiger partial charge in [-0.2, -0.15) is 0 Å². The van der Waals surface area contributed by atoms with Crippen LogP contribution in [0.1, 0.15) is 13.3 Å². The number of anilines is 1. The number of hydrogen-bond donors (Lipinski definition) is 1. The van der Waals surface area contributed by atoms with Crippen LogP contribution in [0.3, 0.4) is 0 Å². The average molecular weight is 295 g/mol. The summed E-state index contributed by atoms with van der Waals surface area (Å²) in [5.41, 5.74) is 4.36. The number of ether oxygens (including phenoxy) is 1. The molecule has 5 nitrogen and oxygen atoms in total. The molecule has 3 N–H and O–H groups in total. The first-order valence-corrected chi connectivity index (χ1v) is 7.72. The van der Waals surface area contributed by atoms with Crippen LogP contribution >= 0.6 is 11.8 Å². The first-order valence-electron chi connectivity index (χ1n) is 6.68. The van der Waals surface area contributed by atoms with Crippen molar-refractivity contribution in [3.63, 3.8) is 0 Å². The predicted molar refractivity (Wildman–Crippen MR) is 78.7 cm³/mol. The molecule has 0 aliphatic carbocycles. The zero-order chi connectivity index (χ0) is 14.5. The third kappa shape index (κ3) is 3.13. The standard InChI is InChI=1S/C14H18N2O3S/c1-2-19-11-5-3-10(4-6-11)16-13(17)9-12(14(16)18)20-8-7-15/h3-6,12H,2,7-9,15H2,1H3/p+1/t12-/m0/s1. The molecule has 1 saturated heterocycles. The molecule has 1 aliphatic heterocycles. The summed E-state index contributed by atoms with van der Waals surface area (Å²) in [5.74, 6) is 1.26. The Kier molecular flexibility index (Phi) is 5.03. The van der Waals surface area contributed by atoms with E-state index < -0.39 is 0 Å². The van der Waals surface area contributed by atoms with Crippen molar-refractivity contribution in [3.8, 4) is 5.75 Å². The lowest BCUT2D eigenvalue weighted by Crippen LogP contribution is -2.51. The van der Waals surface area contributed by atoms with Gasteiger partial charge < -0.3 is 10.5 Å². The van der Waals surface area contributed by atoms with E-state index in [0.29, 0.717) is 12.3 Å². The number of carbonyl (C=O) groups is 2. The fraction of sp³-hybridized carbons (Fsp3) is 0.429. The number of carbonyl (C=O) groups excluding carboxylic acids is 2. The Hall–Kier alpha value is -1.53. The first kappa shape index (κ1) is 14.9. The Morgan fingerprint density at radius 3 is 2.65 bits per heavy atom. The molecule has 0 bridgehead atoms. The van der Waals surface area contributed by atoms with Gasteiger partial charge in [-0.3, -0.25) is 9.59 Å². The highest BCUT2D eigenvalue weighted by molar-refractivity contribution is 8.00. The maximum atomic E-state index is 12.3. The minimum absolute atomic E-state index is 0.127. The Bertz CT molecular complexity index is 490. The SMILES string of the molecule is CCOc1ccc(N2C(=O)C[C@H](SCC[NH3+])C2=O)cc1. The van der Waals surface area contributed by atoms with Crippen LogP contribution in [-0.4, -0.2) is 36.0 Å². The van der Waals surface area contributed by atoms with Crippen LogP contribution in [0.5, 0.6) is 5.75 Å². The van der Waals surface area contributed by atoms with Crippen molar-refractivity contribution >= 4 is 29.3 Å². The van der Waals surface area contributed by atoms with Crippen LogP contribution in [-0.2, 0) is 9.59 Å². The molecule has 2 amide bonds. The molecule has 2 rings (SSSR count). The highest BCUT2D eigenvalue weighted by Crippen LogP contribution is 2.30. The lowest BCUT2D eigenvalue weighted by Gasteiger charge is -2.15. The van der Waals surface area contributed by atoms with E-state index in [1.54, 1.807) is 24.3 Å². The second-order valence-corrected chi connectivity index (χ2v) is 5.72. The van der Waals surface area contributed by atoms with Gasteiger partial charge in [0.25, 0.3) is 0 Å². The van der Waals surface area contributed by atoms with Gasteiger partial charge >= 0.3 is 0 Å². The molecule has 6 heteroatoms. The van der Waals surface area contributed by atoms with E-state index in [4.69, 9.17) is 4.74 Å². The smallest absolute Gasteiger partial charge is 0.247 e. The number of hydrogen-bond acceptors (Lipinski definition) is 4. The quantitative estimate of drug-likeness (QED) is 0.784. The molecule has 0 aromatic heterocycles. The molecule has 1 heterocycles. The van der Waals surface area contributed by atoms with Gasteiger partial charge in [0.1, 0.15) is 5.75 Å². The largest absolute Gasteiger partial charge is 0.494 e. The van der Waals surface area contributed by atoms with E-state index in [1.165, 1.54) is 16.7 Å². The fourth-order valence-corrected chi connectivity index (χ4v) is 3.05. The third-order valence-electron chi connectivity index (χ3n) is 2.97. The summed E-state index contributed by atoms with van der Waals surface area (Å²) >= 11 is 1.51. The van der Waals surface area contributed by atoms with Crippen molar-refractivity contribution in [1.82, 2.24) is 0 Å². The maximum absolute atomic E-state index is 12.3. The van der Waals surface area contributed by atoms with E-state index in [2.05, 4.69) is 5.73 Å². The highest BCUT2D eigenvalue weighted by Gasteiger charge is 2.39. The molecule has 0 radical (unpaired) electrons. The number of thioether (sulfide) groups is 1. The van der Waals surface area contributed by atoms with Gasteiger partial charge in [0.05, 0.1) is 24.1 Å². The number of benzene rings is 1. The van der Waals surface area contributed by atoms with Crippen molar-refractivity contribution in [2.45, 2.75) is 18.6 Å². The zero-order valence-corrected chi connectivity index (χ0v) is 12.3. The zero-order valence-electron chi connectivity index (χ0n) is 11.5. The second kappa shape index (κ2) is 6.76. The van der Waals surface area contributed by atoms with Gasteiger partial charge in [-0.15, -0.1) is 11.8 Å². The summed E-state index contributed by atoms with van der Waals surface area (Å²) in [6.45, 7) is 3.25. The summed E-state index contributed by atoms with van der Waals surface area (Å²) in [5, 5.41) is -0.268. The Balaban J connectivity index is 2.11. The molecule has 1 aliphatic rings. The van der Waals surface area contributed by atoms with Crippen LogP contribution in [0.25, 0.3) is 0 Å². The van der Waals surface area contributed by atoms with E-state index in [9.17, 15) is 9.59 Å². The molecule has 1 fully saturated rings. The molecular weight excluding hydrogens is 276 g/mol. The lowest BCUT2D eigenvalue weighted by molar-refractivity contribution is -0.360. The molecule has 1 aromatic carbocycles. The number of quaternary nitrogens is 1. The molecule has 1 atom stereocenters. The van der Waals surface area contributed by atoms with Crippen LogP contribution in [0.15, 0.2) is 24.3 Å². The molecule has 0 spiro atoms. The van der Waals surface area contributed by atoms with Gasteiger partial charge in [0.2, 0.25) is 11.8 Å². The normalized spacial score (nSPS) is 18.7. The minimum Gasteiger partial charge on any atom is -0.494 e. The molecule has 0 unspecified atom stereocenters. The van der Waals surface area contributed by atoms with E-state index in [0.717, 1.165) is 18.0 Å². The van der Waals surface area contributed by atoms with Crippen LogP contribution in [0.4, 0.5) is 5.69 Å². The number of amides is 2. The third-order valence-corrected chi connectivity index (χ3v) is 4.27. The van der Waals surface area contributed by atoms with Crippen molar-refractivity contribution in [1.29, 1.82) is 0 Å². The summed E-state index contributed by atoms with van der Waals surface area (Å²) in [4.78, 5) is 25.6. The monoisotopic (exact) mass is 295 g/mol. The van der Waals surface area contributed by atoms with Gasteiger partial charge in [-0.1, -0.05) is 0 Å². The van der Waals surface area contributed by atoms with Crippen LogP contribution in [0, 0.1) is 0 Å². The number of imide groups is 1. The van der Waals surface area contributed by atoms with Crippen molar-refractivity contribution in [2.24, 2.45) is 0 Å². The summed E-state index contributed by atoms with van der Waals surface area (Å²) in [6, 6.07) is 7.04. The van der Waals surface area contributed by atoms with E-state index in [-0.39, 0.29) is 23.5 Å². The Morgan fingerprint density at radius 2 is 2.05 bits per heavy atom. The maximum Gasteiger partial charge on any atom is 0.247 e. The van der Waals surface area contributed by atoms with Gasteiger partial charge in [-0.25, -0.2) is 4.90 Å². The second-order valence-electron chi connectivity index (χ2n) is 4.41.